The predicted molar refractivity (Wildman–Crippen MR) is 444 cm³/mol. The average Bonchev–Trinajstić information content (AvgIpc) is 1.68. The molecule has 4 atom stereocenters. The van der Waals surface area contributed by atoms with Crippen molar-refractivity contribution in [3.05, 3.63) is 187 Å². The van der Waals surface area contributed by atoms with E-state index >= 15 is 0 Å². The Morgan fingerprint density at radius 3 is 0.958 bits per heavy atom. The normalized spacial score (nSPS) is 19.7. The number of allylic oxidation sites excluding steroid dienone is 4. The molecule has 6 aromatic rings. The van der Waals surface area contributed by atoms with E-state index in [1.54, 1.807) is 48.5 Å². The number of aliphatic carboxylic acids is 1. The van der Waals surface area contributed by atoms with Crippen molar-refractivity contribution in [1.29, 1.82) is 0 Å². The van der Waals surface area contributed by atoms with E-state index in [0.717, 1.165) is 47.9 Å². The van der Waals surface area contributed by atoms with Crippen LogP contribution in [0.3, 0.4) is 0 Å². The van der Waals surface area contributed by atoms with E-state index in [1.165, 1.54) is 50.7 Å². The molecule has 9 aliphatic rings. The van der Waals surface area contributed by atoms with Crippen LogP contribution in [-0.4, -0.2) is 181 Å². The van der Waals surface area contributed by atoms with E-state index < -0.39 is 23.8 Å². The van der Waals surface area contributed by atoms with Gasteiger partial charge in [-0.2, -0.15) is 0 Å². The molecule has 15 rings (SSSR count). The van der Waals surface area contributed by atoms with Crippen molar-refractivity contribution in [1.82, 2.24) is 24.7 Å². The van der Waals surface area contributed by atoms with Gasteiger partial charge in [0.25, 0.3) is 35.4 Å². The second-order valence-corrected chi connectivity index (χ2v) is 29.8. The number of benzene rings is 6. The molecule has 0 unspecified atom stereocenters. The number of aliphatic imine (C=N–C) groups is 4. The number of hydrogen-bond donors (Lipinski definition) is 1. The Kier molecular flexibility index (Phi) is 25.3. The van der Waals surface area contributed by atoms with Crippen molar-refractivity contribution in [3.63, 3.8) is 0 Å². The second kappa shape index (κ2) is 36.7. The third kappa shape index (κ3) is 18.5. The molecule has 5 saturated heterocycles. The first-order valence-corrected chi connectivity index (χ1v) is 39.6. The maximum atomic E-state index is 13.6. The minimum Gasteiger partial charge on any atom is -0.493 e. The number of nitrogens with zero attached hydrogens (tertiary/aromatic N) is 9. The molecule has 612 valence electrons. The van der Waals surface area contributed by atoms with Crippen LogP contribution in [0.25, 0.3) is 0 Å². The summed E-state index contributed by atoms with van der Waals surface area (Å²) in [6.07, 6.45) is 20.1. The summed E-state index contributed by atoms with van der Waals surface area (Å²) in [5.41, 5.74) is 13.0. The first-order valence-electron chi connectivity index (χ1n) is 39.6. The molecule has 0 aliphatic carbocycles. The van der Waals surface area contributed by atoms with E-state index in [9.17, 15) is 38.4 Å². The molecule has 0 saturated carbocycles. The van der Waals surface area contributed by atoms with Crippen molar-refractivity contribution in [2.75, 3.05) is 54.6 Å². The number of methoxy groups -OCH3 is 4. The van der Waals surface area contributed by atoms with Crippen LogP contribution in [-0.2, 0) is 50.4 Å². The Hall–Kier alpha value is -13.6. The quantitative estimate of drug-likeness (QED) is 0.0270. The van der Waals surface area contributed by atoms with Gasteiger partial charge in [0.1, 0.15) is 26.4 Å². The summed E-state index contributed by atoms with van der Waals surface area (Å²) in [6, 6.07) is 24.6. The van der Waals surface area contributed by atoms with Crippen molar-refractivity contribution in [3.8, 4) is 69.7 Å². The highest BCUT2D eigenvalue weighted by Gasteiger charge is 2.40. The van der Waals surface area contributed by atoms with Gasteiger partial charge in [0.2, 0.25) is 0 Å². The molecule has 5 fully saturated rings. The van der Waals surface area contributed by atoms with Crippen LogP contribution in [0, 0.1) is 23.7 Å². The van der Waals surface area contributed by atoms with Gasteiger partial charge in [-0.25, -0.2) is 4.79 Å². The van der Waals surface area contributed by atoms with Gasteiger partial charge in [-0.05, 0) is 149 Å². The first-order chi connectivity index (χ1) is 57.7. The highest BCUT2D eigenvalue weighted by molar-refractivity contribution is 6.07. The van der Waals surface area contributed by atoms with Gasteiger partial charge in [0.05, 0.1) is 97.6 Å². The molecule has 0 radical (unpaired) electrons. The summed E-state index contributed by atoms with van der Waals surface area (Å²) in [5.74, 6) is 12.8. The van der Waals surface area contributed by atoms with E-state index in [1.807, 2.05) is 121 Å². The summed E-state index contributed by atoms with van der Waals surface area (Å²) in [5, 5.41) is 9.57. The van der Waals surface area contributed by atoms with Crippen molar-refractivity contribution in [2.45, 2.75) is 155 Å². The minimum atomic E-state index is -0.858. The fraction of sp³-hybridized carbons (Fsp3) is 0.348. The summed E-state index contributed by atoms with van der Waals surface area (Å²) in [7, 11) is 6.11. The van der Waals surface area contributed by atoms with Gasteiger partial charge in [-0.15, -0.1) is 5.06 Å². The first kappa shape index (κ1) is 82.0. The van der Waals surface area contributed by atoms with Gasteiger partial charge < -0.3 is 67.4 Å². The number of carbonyl (C=O) groups excluding carboxylic acids is 7. The standard InChI is InChI=1S/C48H47N5O10.C44H44N4O8/c1-5-29-17-34-23-49-38-21-42(40(59-3)19-36(38)47(57)51(34)25-29)61-27-32-14-31(10-8-7-9-11-46(56)63-53-44(54)12-13-45(53)55)15-33(16-32)28-62-43-22-39-37(20-41(43)60-4)48(58)52-26-30(6-2)18-35(52)24-50-39;1-5-27-15-32-21-45-36-19-40(38(53-3)17-34(36)43(51)47(32)23-27)55-25-30-12-29(10-8-7-9-11-42(49)50)13-31(14-30)26-56-41-20-37-35(18-39(41)54-4)44(52)48-24-28(6-2)16-33(48)22-46-37/h5-6,14-16,19-24,34-35H,7,9,11-13,17-18,25-28H2,1-4H3;5-6,12-14,17-22,32-33H,7,9,11,15-16,23-26H2,1-4H3,(H,49,50)/b29-5+,30-6+;27-5+,28-6+/t34-,35-;32-,33-/m00/s1. The smallest absolute Gasteiger partial charge is 0.333 e. The second-order valence-electron chi connectivity index (χ2n) is 29.8. The molecule has 0 aromatic heterocycles. The molecule has 9 aliphatic heterocycles. The highest BCUT2D eigenvalue weighted by Crippen LogP contribution is 2.45. The Bertz CT molecular complexity index is 5220. The van der Waals surface area contributed by atoms with Crippen LogP contribution < -0.4 is 37.9 Å². The molecule has 6 aromatic carbocycles. The Morgan fingerprint density at radius 1 is 0.403 bits per heavy atom. The number of imide groups is 1. The van der Waals surface area contributed by atoms with Gasteiger partial charge in [0, 0.05) is 125 Å². The van der Waals surface area contributed by atoms with Crippen LogP contribution in [0.5, 0.6) is 46.0 Å². The topological polar surface area (TPSA) is 306 Å². The number of rotatable bonds is 23. The Morgan fingerprint density at radius 2 is 0.689 bits per heavy atom. The lowest BCUT2D eigenvalue weighted by Gasteiger charge is -2.20. The molecule has 6 amide bonds. The number of unbranched alkanes of at least 4 members (excludes halogenated alkanes) is 2. The van der Waals surface area contributed by atoms with Crippen LogP contribution in [0.15, 0.2) is 151 Å². The Labute approximate surface area is 689 Å². The van der Waals surface area contributed by atoms with Gasteiger partial charge in [0.15, 0.2) is 46.0 Å². The third-order valence-corrected chi connectivity index (χ3v) is 22.0. The molecular weight excluding hydrogens is 1520 g/mol. The van der Waals surface area contributed by atoms with Crippen LogP contribution in [0.2, 0.25) is 0 Å². The lowest BCUT2D eigenvalue weighted by Crippen LogP contribution is -2.35. The number of hydrogen-bond acceptors (Lipinski definition) is 21. The summed E-state index contributed by atoms with van der Waals surface area (Å²) in [4.78, 5) is 132. The molecule has 1 N–H and O–H groups in total. The van der Waals surface area contributed by atoms with Crippen molar-refractivity contribution in [2.24, 2.45) is 20.0 Å². The monoisotopic (exact) mass is 1610 g/mol. The lowest BCUT2D eigenvalue weighted by atomic mass is 10.1. The largest absolute Gasteiger partial charge is 0.493 e. The summed E-state index contributed by atoms with van der Waals surface area (Å²) >= 11 is 0. The third-order valence-electron chi connectivity index (χ3n) is 22.0. The Balaban J connectivity index is 0.000000197. The maximum Gasteiger partial charge on any atom is 0.333 e. The number of carboxylic acids is 1. The van der Waals surface area contributed by atoms with Crippen LogP contribution in [0.4, 0.5) is 22.7 Å². The lowest BCUT2D eigenvalue weighted by molar-refractivity contribution is -0.197. The number of amides is 6. The van der Waals surface area contributed by atoms with E-state index in [4.69, 9.17) is 57.8 Å². The van der Waals surface area contributed by atoms with E-state index in [0.29, 0.717) is 159 Å². The molecule has 119 heavy (non-hydrogen) atoms. The van der Waals surface area contributed by atoms with Crippen LogP contribution in [0.1, 0.15) is 180 Å². The summed E-state index contributed by atoms with van der Waals surface area (Å²) in [6.45, 7) is 10.6. The number of hydroxylamine groups is 2. The van der Waals surface area contributed by atoms with Crippen LogP contribution >= 0.6 is 0 Å². The molecular formula is C92H91N9O18. The predicted octanol–water partition coefficient (Wildman–Crippen LogP) is 14.0. The highest BCUT2D eigenvalue weighted by atomic mass is 16.7. The van der Waals surface area contributed by atoms with Gasteiger partial charge in [-0.3, -0.25) is 53.5 Å². The number of carbonyl (C=O) groups is 8. The molecule has 27 nitrogen and oxygen atoms in total. The summed E-state index contributed by atoms with van der Waals surface area (Å²) < 4.78 is 48.2. The average molecular weight is 1610 g/mol. The number of ether oxygens (including phenoxy) is 8. The van der Waals surface area contributed by atoms with E-state index in [-0.39, 0.29) is 99.9 Å². The minimum absolute atomic E-state index is 0.0239. The number of fused-ring (bicyclic) bond motifs is 8. The van der Waals surface area contributed by atoms with E-state index in [2.05, 4.69) is 45.8 Å². The van der Waals surface area contributed by atoms with Crippen molar-refractivity contribution < 1.29 is 86.2 Å². The zero-order valence-corrected chi connectivity index (χ0v) is 67.6. The fourth-order valence-electron chi connectivity index (χ4n) is 15.5. The number of carboxylic acid groups (broad SMARTS) is 1. The van der Waals surface area contributed by atoms with Gasteiger partial charge >= 0.3 is 11.9 Å². The van der Waals surface area contributed by atoms with Gasteiger partial charge in [-0.1, -0.05) is 70.3 Å². The SMILES string of the molecule is C/C=C1\C[C@H]2C=Nc3cc(OCc4cc(C#CCCCC(=O)O)cc(COc5cc6c(cc5OC)C(=O)N5C/C(=C/C)C[C@H]5C=N6)c4)c(OC)cc3C(=O)N2C1.C/C=C1\C[C@H]2C=Nc3cc(OCc4cc(C#CCCCC(=O)ON5C(=O)CCC5=O)cc(COc5cc6c(cc5OC)C(=O)N5C/C(=C/C)C[C@H]5C=N6)c4)c(OC)cc3C(=O)N2C1. The zero-order chi connectivity index (χ0) is 83.5. The van der Waals surface area contributed by atoms with Crippen molar-refractivity contribution >= 4 is 95.0 Å². The molecule has 9 heterocycles. The zero-order valence-electron chi connectivity index (χ0n) is 67.6. The maximum absolute atomic E-state index is 13.6. The molecule has 0 bridgehead atoms. The molecule has 0 spiro atoms. The molecule has 27 heteroatoms. The fourth-order valence-corrected chi connectivity index (χ4v) is 15.5.